The van der Waals surface area contributed by atoms with Gasteiger partial charge in [0.1, 0.15) is 5.25 Å². The Morgan fingerprint density at radius 2 is 1.86 bits per heavy atom. The molecule has 0 saturated carbocycles. The highest BCUT2D eigenvalue weighted by molar-refractivity contribution is 8.02. The van der Waals surface area contributed by atoms with Crippen molar-refractivity contribution < 1.29 is 9.90 Å². The Hall–Kier alpha value is -1.85. The molecule has 3 aromatic rings. The molecule has 3 nitrogen and oxygen atoms in total. The molecule has 1 aromatic heterocycles. The van der Waals surface area contributed by atoms with E-state index in [0.717, 1.165) is 20.7 Å². The van der Waals surface area contributed by atoms with Gasteiger partial charge in [0.25, 0.3) is 0 Å². The number of thioether (sulfide) groups is 1. The Kier molecular flexibility index (Phi) is 4.22. The molecule has 0 bridgehead atoms. The molecular weight excluding hydrogens is 302 g/mol. The molecule has 1 atom stereocenters. The summed E-state index contributed by atoms with van der Waals surface area (Å²) in [6.45, 7) is 0. The van der Waals surface area contributed by atoms with Crippen molar-refractivity contribution in [1.82, 2.24) is 4.37 Å². The van der Waals surface area contributed by atoms with Crippen LogP contribution in [0.25, 0.3) is 10.9 Å². The van der Waals surface area contributed by atoms with E-state index >= 15 is 0 Å². The van der Waals surface area contributed by atoms with Crippen molar-refractivity contribution in [3.8, 4) is 0 Å². The maximum absolute atomic E-state index is 11.5. The molecule has 0 aliphatic rings. The minimum atomic E-state index is -0.790. The fraction of sp³-hybridized carbons (Fsp3) is 0.125. The van der Waals surface area contributed by atoms with Crippen LogP contribution in [0.4, 0.5) is 0 Å². The molecule has 1 unspecified atom stereocenters. The smallest absolute Gasteiger partial charge is 0.317 e. The summed E-state index contributed by atoms with van der Waals surface area (Å²) in [5, 5.41) is 10.00. The van der Waals surface area contributed by atoms with E-state index in [2.05, 4.69) is 4.37 Å². The van der Waals surface area contributed by atoms with Gasteiger partial charge < -0.3 is 5.11 Å². The van der Waals surface area contributed by atoms with E-state index in [0.29, 0.717) is 6.42 Å². The summed E-state index contributed by atoms with van der Waals surface area (Å²) in [5.74, 6) is -0.790. The van der Waals surface area contributed by atoms with Gasteiger partial charge in [-0.3, -0.25) is 4.79 Å². The topological polar surface area (TPSA) is 50.2 Å². The average Bonchev–Trinajstić information content (AvgIpc) is 2.91. The zero-order valence-corrected chi connectivity index (χ0v) is 12.7. The monoisotopic (exact) mass is 315 g/mol. The summed E-state index contributed by atoms with van der Waals surface area (Å²) in [4.78, 5) is 11.5. The standard InChI is InChI=1S/C16H13NO2S2/c18-15(19)14(10-11-6-2-1-3-7-11)20-16-12-8-4-5-9-13(12)17-21-16/h1-9,14H,10H2,(H,18,19). The maximum Gasteiger partial charge on any atom is 0.317 e. The van der Waals surface area contributed by atoms with E-state index in [4.69, 9.17) is 0 Å². The van der Waals surface area contributed by atoms with Crippen molar-refractivity contribution in [2.45, 2.75) is 15.9 Å². The largest absolute Gasteiger partial charge is 0.480 e. The molecule has 1 heterocycles. The minimum Gasteiger partial charge on any atom is -0.480 e. The fourth-order valence-electron chi connectivity index (χ4n) is 2.09. The van der Waals surface area contributed by atoms with E-state index in [1.54, 1.807) is 0 Å². The van der Waals surface area contributed by atoms with Crippen LogP contribution in [0.15, 0.2) is 58.8 Å². The Balaban J connectivity index is 1.84. The number of aliphatic carboxylic acids is 1. The number of aromatic nitrogens is 1. The number of fused-ring (bicyclic) bond motifs is 1. The fourth-order valence-corrected chi connectivity index (χ4v) is 4.27. The third kappa shape index (κ3) is 3.25. The molecule has 106 valence electrons. The lowest BCUT2D eigenvalue weighted by molar-refractivity contribution is -0.136. The van der Waals surface area contributed by atoms with Crippen LogP contribution in [-0.2, 0) is 11.2 Å². The molecule has 21 heavy (non-hydrogen) atoms. The number of carboxylic acid groups (broad SMARTS) is 1. The highest BCUT2D eigenvalue weighted by Gasteiger charge is 2.21. The minimum absolute atomic E-state index is 0.503. The number of hydrogen-bond acceptors (Lipinski definition) is 4. The summed E-state index contributed by atoms with van der Waals surface area (Å²) in [7, 11) is 0. The van der Waals surface area contributed by atoms with Crippen LogP contribution >= 0.6 is 23.3 Å². The number of rotatable bonds is 5. The van der Waals surface area contributed by atoms with Gasteiger partial charge in [-0.15, -0.1) is 0 Å². The summed E-state index contributed by atoms with van der Waals surface area (Å²) < 4.78 is 5.33. The van der Waals surface area contributed by atoms with Crippen LogP contribution in [0.2, 0.25) is 0 Å². The molecule has 3 rings (SSSR count). The zero-order valence-electron chi connectivity index (χ0n) is 11.1. The molecule has 0 saturated heterocycles. The van der Waals surface area contributed by atoms with E-state index in [1.807, 2.05) is 54.6 Å². The molecule has 0 radical (unpaired) electrons. The molecule has 1 N–H and O–H groups in total. The lowest BCUT2D eigenvalue weighted by Crippen LogP contribution is -2.18. The Bertz CT molecular complexity index is 755. The van der Waals surface area contributed by atoms with Crippen molar-refractivity contribution >= 4 is 40.2 Å². The van der Waals surface area contributed by atoms with E-state index in [1.165, 1.54) is 23.3 Å². The van der Waals surface area contributed by atoms with Gasteiger partial charge in [0.2, 0.25) is 0 Å². The van der Waals surface area contributed by atoms with Gasteiger partial charge in [-0.1, -0.05) is 60.3 Å². The van der Waals surface area contributed by atoms with Crippen molar-refractivity contribution in [2.75, 3.05) is 0 Å². The first-order valence-electron chi connectivity index (χ1n) is 6.52. The van der Waals surface area contributed by atoms with Gasteiger partial charge in [0.15, 0.2) is 0 Å². The van der Waals surface area contributed by atoms with Crippen molar-refractivity contribution in [3.05, 3.63) is 60.2 Å². The molecule has 0 spiro atoms. The van der Waals surface area contributed by atoms with Gasteiger partial charge in [0, 0.05) is 5.39 Å². The summed E-state index contributed by atoms with van der Waals surface area (Å²) >= 11 is 2.75. The first-order chi connectivity index (χ1) is 10.2. The Morgan fingerprint density at radius 1 is 1.14 bits per heavy atom. The molecule has 0 fully saturated rings. The molecule has 0 aliphatic heterocycles. The average molecular weight is 315 g/mol. The normalized spacial score (nSPS) is 12.4. The molecule has 2 aromatic carbocycles. The number of nitrogens with zero attached hydrogens (tertiary/aromatic N) is 1. The molecule has 0 aliphatic carbocycles. The first kappa shape index (κ1) is 14.1. The predicted molar refractivity (Wildman–Crippen MR) is 87.0 cm³/mol. The lowest BCUT2D eigenvalue weighted by atomic mass is 10.1. The van der Waals surface area contributed by atoms with E-state index in [-0.39, 0.29) is 0 Å². The molecule has 5 heteroatoms. The lowest BCUT2D eigenvalue weighted by Gasteiger charge is -2.11. The predicted octanol–water partition coefficient (Wildman–Crippen LogP) is 4.08. The van der Waals surface area contributed by atoms with E-state index in [9.17, 15) is 9.90 Å². The van der Waals surface area contributed by atoms with Crippen LogP contribution in [0.5, 0.6) is 0 Å². The number of hydrogen-bond donors (Lipinski definition) is 1. The van der Waals surface area contributed by atoms with Crippen molar-refractivity contribution in [3.63, 3.8) is 0 Å². The van der Waals surface area contributed by atoms with Gasteiger partial charge in [0.05, 0.1) is 9.73 Å². The highest BCUT2D eigenvalue weighted by Crippen LogP contribution is 2.35. The van der Waals surface area contributed by atoms with Gasteiger partial charge in [-0.25, -0.2) is 0 Å². The first-order valence-corrected chi connectivity index (χ1v) is 8.17. The second-order valence-electron chi connectivity index (χ2n) is 4.62. The zero-order chi connectivity index (χ0) is 14.7. The van der Waals surface area contributed by atoms with Crippen LogP contribution in [0, 0.1) is 0 Å². The molecular formula is C16H13NO2S2. The van der Waals surface area contributed by atoms with Gasteiger partial charge in [-0.05, 0) is 29.6 Å². The van der Waals surface area contributed by atoms with Crippen LogP contribution < -0.4 is 0 Å². The second-order valence-corrected chi connectivity index (χ2v) is 6.87. The van der Waals surface area contributed by atoms with Crippen LogP contribution in [0.3, 0.4) is 0 Å². The third-order valence-corrected chi connectivity index (χ3v) is 5.41. The third-order valence-electron chi connectivity index (χ3n) is 3.14. The highest BCUT2D eigenvalue weighted by atomic mass is 32.2. The van der Waals surface area contributed by atoms with Gasteiger partial charge in [-0.2, -0.15) is 4.37 Å². The Morgan fingerprint density at radius 3 is 2.62 bits per heavy atom. The SMILES string of the molecule is O=C(O)C(Cc1ccccc1)Sc1snc2ccccc12. The number of benzene rings is 2. The number of carboxylic acids is 1. The summed E-state index contributed by atoms with van der Waals surface area (Å²) in [6.07, 6.45) is 0.507. The van der Waals surface area contributed by atoms with Crippen LogP contribution in [-0.4, -0.2) is 20.7 Å². The summed E-state index contributed by atoms with van der Waals surface area (Å²) in [5.41, 5.74) is 1.96. The molecule has 0 amide bonds. The van der Waals surface area contributed by atoms with E-state index < -0.39 is 11.2 Å². The van der Waals surface area contributed by atoms with Gasteiger partial charge >= 0.3 is 5.97 Å². The van der Waals surface area contributed by atoms with Crippen molar-refractivity contribution in [1.29, 1.82) is 0 Å². The van der Waals surface area contributed by atoms with Crippen molar-refractivity contribution in [2.24, 2.45) is 0 Å². The maximum atomic E-state index is 11.5. The Labute approximate surface area is 130 Å². The quantitative estimate of drug-likeness (QED) is 0.721. The number of carbonyl (C=O) groups is 1. The van der Waals surface area contributed by atoms with Crippen LogP contribution in [0.1, 0.15) is 5.56 Å². The summed E-state index contributed by atoms with van der Waals surface area (Å²) in [6, 6.07) is 17.5. The second kappa shape index (κ2) is 6.28.